The maximum absolute atomic E-state index is 12.3. The third-order valence-electron chi connectivity index (χ3n) is 4.15. The van der Waals surface area contributed by atoms with E-state index in [0.717, 1.165) is 27.8 Å². The number of halogens is 1. The van der Waals surface area contributed by atoms with Gasteiger partial charge < -0.3 is 14.6 Å². The minimum Gasteiger partial charge on any atom is -0.474 e. The fourth-order valence-electron chi connectivity index (χ4n) is 2.88. The third kappa shape index (κ3) is 3.90. The molecule has 0 unspecified atom stereocenters. The Morgan fingerprint density at radius 3 is 2.64 bits per heavy atom. The summed E-state index contributed by atoms with van der Waals surface area (Å²) in [6, 6.07) is 7.47. The van der Waals surface area contributed by atoms with Crippen LogP contribution in [0.5, 0.6) is 5.88 Å². The Hall–Kier alpha value is -2.77. The van der Waals surface area contributed by atoms with Gasteiger partial charge >= 0.3 is 0 Å². The highest BCUT2D eigenvalue weighted by Gasteiger charge is 2.19. The molecule has 0 aliphatic rings. The van der Waals surface area contributed by atoms with Crippen LogP contribution in [0.15, 0.2) is 30.5 Å². The van der Waals surface area contributed by atoms with Crippen LogP contribution in [0.25, 0.3) is 22.0 Å². The molecule has 0 fully saturated rings. The summed E-state index contributed by atoms with van der Waals surface area (Å²) < 4.78 is 5.95. The zero-order valence-corrected chi connectivity index (χ0v) is 17.2. The number of rotatable bonds is 6. The first kappa shape index (κ1) is 20.0. The van der Waals surface area contributed by atoms with Crippen molar-refractivity contribution in [3.63, 3.8) is 0 Å². The van der Waals surface area contributed by atoms with Gasteiger partial charge in [-0.25, -0.2) is 5.48 Å². The number of hydrogen-bond donors (Lipinski definition) is 2. The van der Waals surface area contributed by atoms with Gasteiger partial charge in [0.2, 0.25) is 5.88 Å². The van der Waals surface area contributed by atoms with E-state index >= 15 is 0 Å². The lowest BCUT2D eigenvalue weighted by Crippen LogP contribution is -2.21. The van der Waals surface area contributed by atoms with Crippen molar-refractivity contribution in [3.05, 3.63) is 41.0 Å². The lowest BCUT2D eigenvalue weighted by atomic mass is 10.0. The molecule has 7 nitrogen and oxygen atoms in total. The summed E-state index contributed by atoms with van der Waals surface area (Å²) in [5.41, 5.74) is 5.03. The molecule has 0 aliphatic carbocycles. The molecule has 2 N–H and O–H groups in total. The summed E-state index contributed by atoms with van der Waals surface area (Å²) in [7, 11) is 5.23. The topological polar surface area (TPSA) is 79.5 Å². The van der Waals surface area contributed by atoms with Crippen LogP contribution in [-0.4, -0.2) is 43.2 Å². The van der Waals surface area contributed by atoms with E-state index in [1.54, 1.807) is 12.3 Å². The molecule has 2 aromatic heterocycles. The van der Waals surface area contributed by atoms with Crippen LogP contribution in [0.3, 0.4) is 0 Å². The Labute approximate surface area is 168 Å². The van der Waals surface area contributed by atoms with Crippen LogP contribution >= 0.6 is 11.6 Å². The number of nitrogens with one attached hydrogen (secondary N) is 2. The van der Waals surface area contributed by atoms with Crippen molar-refractivity contribution in [3.8, 4) is 17.0 Å². The van der Waals surface area contributed by atoms with Crippen molar-refractivity contribution < 1.29 is 14.4 Å². The van der Waals surface area contributed by atoms with Gasteiger partial charge in [0.25, 0.3) is 5.91 Å². The van der Waals surface area contributed by atoms with Crippen molar-refractivity contribution >= 4 is 34.2 Å². The number of fused-ring (bicyclic) bond motifs is 1. The maximum atomic E-state index is 12.3. The van der Waals surface area contributed by atoms with Gasteiger partial charge in [0.15, 0.2) is 0 Å². The van der Waals surface area contributed by atoms with Gasteiger partial charge in [0.1, 0.15) is 5.82 Å². The zero-order chi connectivity index (χ0) is 20.4. The van der Waals surface area contributed by atoms with Crippen LogP contribution < -0.4 is 15.1 Å². The summed E-state index contributed by atoms with van der Waals surface area (Å²) in [4.78, 5) is 26.6. The second kappa shape index (κ2) is 8.08. The number of amides is 1. The van der Waals surface area contributed by atoms with Crippen molar-refractivity contribution in [2.24, 2.45) is 0 Å². The predicted octanol–water partition coefficient (Wildman–Crippen LogP) is 4.03. The molecule has 0 saturated carbocycles. The van der Waals surface area contributed by atoms with E-state index in [0.29, 0.717) is 16.5 Å². The van der Waals surface area contributed by atoms with Crippen LogP contribution in [0.4, 0.5) is 5.82 Å². The van der Waals surface area contributed by atoms with Gasteiger partial charge in [-0.05, 0) is 38.1 Å². The Morgan fingerprint density at radius 1 is 1.25 bits per heavy atom. The van der Waals surface area contributed by atoms with E-state index in [1.165, 1.54) is 7.11 Å². The van der Waals surface area contributed by atoms with Crippen LogP contribution in [-0.2, 0) is 4.84 Å². The van der Waals surface area contributed by atoms with Gasteiger partial charge in [0.05, 0.1) is 23.8 Å². The Balaban J connectivity index is 2.18. The lowest BCUT2D eigenvalue weighted by Gasteiger charge is -2.18. The fourth-order valence-corrected chi connectivity index (χ4v) is 3.15. The number of ether oxygens (including phenoxy) is 1. The average molecular weight is 403 g/mol. The Kier molecular flexibility index (Phi) is 5.76. The van der Waals surface area contributed by atoms with Crippen molar-refractivity contribution in [2.75, 3.05) is 26.1 Å². The highest BCUT2D eigenvalue weighted by Crippen LogP contribution is 2.38. The van der Waals surface area contributed by atoms with E-state index in [9.17, 15) is 4.79 Å². The summed E-state index contributed by atoms with van der Waals surface area (Å²) >= 11 is 6.56. The number of aromatic amines is 1. The van der Waals surface area contributed by atoms with Crippen molar-refractivity contribution in [2.45, 2.75) is 20.0 Å². The highest BCUT2D eigenvalue weighted by molar-refractivity contribution is 6.34. The molecule has 1 amide bonds. The third-order valence-corrected chi connectivity index (χ3v) is 4.46. The molecule has 148 valence electrons. The standard InChI is InChI=1S/C20H23ClN4O3/c1-11(2)28-20-12(6-7-18(23-20)25(3)4)13-8-14-15(19(26)24-27-5)10-22-17(14)9-16(13)21/h6-11,22H,1-5H3,(H,24,26). The Morgan fingerprint density at radius 2 is 2.00 bits per heavy atom. The largest absolute Gasteiger partial charge is 0.474 e. The first-order valence-corrected chi connectivity index (χ1v) is 9.19. The van der Waals surface area contributed by atoms with E-state index in [1.807, 2.05) is 51.0 Å². The predicted molar refractivity (Wildman–Crippen MR) is 111 cm³/mol. The van der Waals surface area contributed by atoms with Gasteiger partial charge in [-0.2, -0.15) is 4.98 Å². The van der Waals surface area contributed by atoms with Crippen molar-refractivity contribution in [1.29, 1.82) is 0 Å². The fraction of sp³-hybridized carbons (Fsp3) is 0.300. The van der Waals surface area contributed by atoms with E-state index in [2.05, 4.69) is 15.4 Å². The number of anilines is 1. The molecule has 2 heterocycles. The molecule has 0 saturated heterocycles. The number of pyridine rings is 1. The second-order valence-corrected chi connectivity index (χ2v) is 7.21. The molecule has 3 rings (SSSR count). The molecular formula is C20H23ClN4O3. The summed E-state index contributed by atoms with van der Waals surface area (Å²) in [6.45, 7) is 3.88. The van der Waals surface area contributed by atoms with Gasteiger partial charge in [-0.15, -0.1) is 0 Å². The van der Waals surface area contributed by atoms with Gasteiger partial charge in [-0.3, -0.25) is 9.63 Å². The summed E-state index contributed by atoms with van der Waals surface area (Å²) in [5, 5.41) is 1.25. The first-order chi connectivity index (χ1) is 13.3. The van der Waals surface area contributed by atoms with E-state index in [4.69, 9.17) is 21.2 Å². The summed E-state index contributed by atoms with van der Waals surface area (Å²) in [5.74, 6) is 0.918. The molecule has 0 spiro atoms. The van der Waals surface area contributed by atoms with Crippen molar-refractivity contribution in [1.82, 2.24) is 15.4 Å². The van der Waals surface area contributed by atoms with Gasteiger partial charge in [-0.1, -0.05) is 11.6 Å². The number of benzene rings is 1. The monoisotopic (exact) mass is 402 g/mol. The smallest absolute Gasteiger partial charge is 0.276 e. The molecule has 0 atom stereocenters. The molecule has 28 heavy (non-hydrogen) atoms. The van der Waals surface area contributed by atoms with Crippen LogP contribution in [0, 0.1) is 0 Å². The minimum atomic E-state index is -0.346. The number of carbonyl (C=O) groups excluding carboxylic acids is 1. The molecular weight excluding hydrogens is 380 g/mol. The van der Waals surface area contributed by atoms with Crippen LogP contribution in [0.2, 0.25) is 5.02 Å². The van der Waals surface area contributed by atoms with Crippen LogP contribution in [0.1, 0.15) is 24.2 Å². The number of hydrogen-bond acceptors (Lipinski definition) is 5. The molecule has 0 bridgehead atoms. The zero-order valence-electron chi connectivity index (χ0n) is 16.5. The number of aromatic nitrogens is 2. The minimum absolute atomic E-state index is 0.0542. The quantitative estimate of drug-likeness (QED) is 0.608. The van der Waals surface area contributed by atoms with E-state index < -0.39 is 0 Å². The number of H-pyrrole nitrogens is 1. The maximum Gasteiger partial charge on any atom is 0.276 e. The molecule has 8 heteroatoms. The van der Waals surface area contributed by atoms with E-state index in [-0.39, 0.29) is 12.0 Å². The molecule has 1 aromatic carbocycles. The normalized spacial score (nSPS) is 11.1. The molecule has 0 aliphatic heterocycles. The number of carbonyl (C=O) groups is 1. The SMILES string of the molecule is CONC(=O)c1c[nH]c2cc(Cl)c(-c3ccc(N(C)C)nc3OC(C)C)cc12. The van der Waals surface area contributed by atoms with Gasteiger partial charge in [0, 0.05) is 42.3 Å². The second-order valence-electron chi connectivity index (χ2n) is 6.80. The lowest BCUT2D eigenvalue weighted by molar-refractivity contribution is 0.0539. The number of hydroxylamine groups is 1. The average Bonchev–Trinajstić information content (AvgIpc) is 3.03. The molecule has 0 radical (unpaired) electrons. The first-order valence-electron chi connectivity index (χ1n) is 8.81. The highest BCUT2D eigenvalue weighted by atomic mass is 35.5. The Bertz CT molecular complexity index is 1010. The number of nitrogens with zero attached hydrogens (tertiary/aromatic N) is 2. The molecule has 3 aromatic rings. The summed E-state index contributed by atoms with van der Waals surface area (Å²) in [6.07, 6.45) is 1.57.